The number of rotatable bonds is 5. The van der Waals surface area contributed by atoms with Gasteiger partial charge in [-0.1, -0.05) is 38.1 Å². The molecular weight excluding hydrogens is 443 g/mol. The maximum atomic E-state index is 13.9. The van der Waals surface area contributed by atoms with Gasteiger partial charge in [0.1, 0.15) is 11.6 Å². The van der Waals surface area contributed by atoms with Crippen LogP contribution >= 0.6 is 0 Å². The van der Waals surface area contributed by atoms with Gasteiger partial charge in [0.05, 0.1) is 11.6 Å². The number of Topliss-reactive ketones (excluding diaryl/α,β-unsaturated/α-hetero) is 1. The van der Waals surface area contributed by atoms with Crippen molar-refractivity contribution < 1.29 is 19.1 Å². The van der Waals surface area contributed by atoms with Gasteiger partial charge in [0.15, 0.2) is 0 Å². The molecule has 0 aromatic heterocycles. The minimum Gasteiger partial charge on any atom is -0.507 e. The maximum Gasteiger partial charge on any atom is 0.300 e. The van der Waals surface area contributed by atoms with Crippen molar-refractivity contribution in [3.63, 3.8) is 0 Å². The van der Waals surface area contributed by atoms with E-state index < -0.39 is 23.5 Å². The number of hydrogen-bond donors (Lipinski definition) is 1. The number of benzene rings is 3. The summed E-state index contributed by atoms with van der Waals surface area (Å²) in [5, 5.41) is 11.2. The summed E-state index contributed by atoms with van der Waals surface area (Å²) >= 11 is 0. The molecule has 35 heavy (non-hydrogen) atoms. The average Bonchev–Trinajstić information content (AvgIpc) is 3.10. The Morgan fingerprint density at radius 1 is 0.971 bits per heavy atom. The van der Waals surface area contributed by atoms with Gasteiger partial charge in [-0.3, -0.25) is 14.5 Å². The monoisotopic (exact) mass is 472 g/mol. The second-order valence-electron chi connectivity index (χ2n) is 9.37. The smallest absolute Gasteiger partial charge is 0.300 e. The van der Waals surface area contributed by atoms with Crippen LogP contribution in [0.25, 0.3) is 5.76 Å². The number of nitrogens with zero attached hydrogens (tertiary/aromatic N) is 2. The largest absolute Gasteiger partial charge is 0.507 e. The molecule has 0 aliphatic carbocycles. The van der Waals surface area contributed by atoms with E-state index in [4.69, 9.17) is 0 Å². The van der Waals surface area contributed by atoms with Crippen LogP contribution in [0.15, 0.2) is 72.3 Å². The highest BCUT2D eigenvalue weighted by Gasteiger charge is 2.47. The minimum absolute atomic E-state index is 0.0185. The normalized spacial score (nSPS) is 17.3. The molecular formula is C29H29FN2O3. The Hall–Kier alpha value is -3.93. The Morgan fingerprint density at radius 2 is 1.60 bits per heavy atom. The zero-order valence-electron chi connectivity index (χ0n) is 20.5. The number of aliphatic hydroxyl groups is 1. The molecule has 1 saturated heterocycles. The highest BCUT2D eigenvalue weighted by molar-refractivity contribution is 6.51. The van der Waals surface area contributed by atoms with Crippen LogP contribution in [0, 0.1) is 12.7 Å². The fourth-order valence-corrected chi connectivity index (χ4v) is 4.34. The van der Waals surface area contributed by atoms with Gasteiger partial charge in [0.2, 0.25) is 0 Å². The fourth-order valence-electron chi connectivity index (χ4n) is 4.34. The van der Waals surface area contributed by atoms with Gasteiger partial charge >= 0.3 is 0 Å². The quantitative estimate of drug-likeness (QED) is 0.283. The molecule has 1 aliphatic rings. The van der Waals surface area contributed by atoms with E-state index in [9.17, 15) is 19.1 Å². The van der Waals surface area contributed by atoms with E-state index in [0.717, 1.165) is 11.3 Å². The van der Waals surface area contributed by atoms with E-state index in [0.29, 0.717) is 22.7 Å². The van der Waals surface area contributed by atoms with Crippen LogP contribution in [0.1, 0.15) is 48.1 Å². The first-order valence-corrected chi connectivity index (χ1v) is 11.5. The first-order chi connectivity index (χ1) is 16.6. The Bertz CT molecular complexity index is 1310. The molecule has 1 amide bonds. The van der Waals surface area contributed by atoms with Crippen LogP contribution in [0.2, 0.25) is 0 Å². The number of hydrogen-bond acceptors (Lipinski definition) is 4. The summed E-state index contributed by atoms with van der Waals surface area (Å²) in [6.07, 6.45) is 0. The first-order valence-electron chi connectivity index (χ1n) is 11.5. The van der Waals surface area contributed by atoms with E-state index in [1.165, 1.54) is 23.1 Å². The van der Waals surface area contributed by atoms with Crippen molar-refractivity contribution in [1.29, 1.82) is 0 Å². The van der Waals surface area contributed by atoms with E-state index in [2.05, 4.69) is 13.8 Å². The third kappa shape index (κ3) is 4.44. The maximum absolute atomic E-state index is 13.9. The van der Waals surface area contributed by atoms with Crippen molar-refractivity contribution in [3.05, 3.63) is 100 Å². The van der Waals surface area contributed by atoms with Crippen LogP contribution in [0.3, 0.4) is 0 Å². The van der Waals surface area contributed by atoms with Crippen molar-refractivity contribution in [2.75, 3.05) is 23.9 Å². The summed E-state index contributed by atoms with van der Waals surface area (Å²) in [5.41, 5.74) is 3.92. The molecule has 5 nitrogen and oxygen atoms in total. The van der Waals surface area contributed by atoms with Crippen LogP contribution in [-0.2, 0) is 9.59 Å². The van der Waals surface area contributed by atoms with Crippen molar-refractivity contribution in [2.45, 2.75) is 32.7 Å². The number of ketones is 1. The summed E-state index contributed by atoms with van der Waals surface area (Å²) in [6, 6.07) is 18.3. The highest BCUT2D eigenvalue weighted by atomic mass is 19.1. The number of anilines is 2. The molecule has 6 heteroatoms. The summed E-state index contributed by atoms with van der Waals surface area (Å²) < 4.78 is 13.9. The molecule has 1 heterocycles. The van der Waals surface area contributed by atoms with E-state index >= 15 is 0 Å². The van der Waals surface area contributed by atoms with Crippen molar-refractivity contribution in [3.8, 4) is 0 Å². The number of halogens is 1. The lowest BCUT2D eigenvalue weighted by molar-refractivity contribution is -0.132. The van der Waals surface area contributed by atoms with Gasteiger partial charge in [0.25, 0.3) is 11.7 Å². The predicted molar refractivity (Wildman–Crippen MR) is 137 cm³/mol. The zero-order chi connectivity index (χ0) is 25.4. The Balaban J connectivity index is 1.91. The van der Waals surface area contributed by atoms with E-state index in [1.54, 1.807) is 19.1 Å². The molecule has 1 N–H and O–H groups in total. The molecule has 3 aromatic carbocycles. The lowest BCUT2D eigenvalue weighted by Crippen LogP contribution is -2.29. The molecule has 0 spiro atoms. The Labute approximate surface area is 205 Å². The Morgan fingerprint density at radius 3 is 2.14 bits per heavy atom. The van der Waals surface area contributed by atoms with Crippen LogP contribution in [-0.4, -0.2) is 30.9 Å². The fraction of sp³-hybridized carbons (Fsp3) is 0.241. The standard InChI is InChI=1S/C29H29FN2O3/c1-17(2)19-6-8-20(9-7-19)26-25(27(33)21-10-15-24(30)18(3)16-21)28(34)29(35)32(26)23-13-11-22(12-14-23)31(4)5/h6-17,26,33H,1-5H3/b27-25-. The van der Waals surface area contributed by atoms with Crippen molar-refractivity contribution in [2.24, 2.45) is 0 Å². The zero-order valence-corrected chi connectivity index (χ0v) is 20.5. The molecule has 0 bridgehead atoms. The summed E-state index contributed by atoms with van der Waals surface area (Å²) in [4.78, 5) is 30.0. The minimum atomic E-state index is -0.827. The molecule has 0 radical (unpaired) electrons. The number of amides is 1. The molecule has 1 fully saturated rings. The molecule has 180 valence electrons. The van der Waals surface area contributed by atoms with Crippen LogP contribution < -0.4 is 9.80 Å². The summed E-state index contributed by atoms with van der Waals surface area (Å²) in [6.45, 7) is 5.76. The van der Waals surface area contributed by atoms with Gasteiger partial charge in [-0.2, -0.15) is 0 Å². The van der Waals surface area contributed by atoms with E-state index in [-0.39, 0.29) is 16.9 Å². The van der Waals surface area contributed by atoms with Crippen molar-refractivity contribution >= 4 is 28.8 Å². The Kier molecular flexibility index (Phi) is 6.48. The average molecular weight is 473 g/mol. The van der Waals surface area contributed by atoms with Crippen LogP contribution in [0.5, 0.6) is 0 Å². The molecule has 3 aromatic rings. The van der Waals surface area contributed by atoms with Crippen LogP contribution in [0.4, 0.5) is 15.8 Å². The van der Waals surface area contributed by atoms with Gasteiger partial charge < -0.3 is 10.0 Å². The topological polar surface area (TPSA) is 60.9 Å². The second-order valence-corrected chi connectivity index (χ2v) is 9.37. The number of carbonyl (C=O) groups excluding carboxylic acids is 2. The molecule has 1 unspecified atom stereocenters. The summed E-state index contributed by atoms with van der Waals surface area (Å²) in [5.74, 6) is -1.92. The third-order valence-electron chi connectivity index (χ3n) is 6.44. The first kappa shape index (κ1) is 24.2. The number of aryl methyl sites for hydroxylation is 1. The summed E-state index contributed by atoms with van der Waals surface area (Å²) in [7, 11) is 3.84. The van der Waals surface area contributed by atoms with Gasteiger partial charge in [-0.05, 0) is 72.0 Å². The third-order valence-corrected chi connectivity index (χ3v) is 6.44. The highest BCUT2D eigenvalue weighted by Crippen LogP contribution is 2.42. The van der Waals surface area contributed by atoms with Crippen molar-refractivity contribution in [1.82, 2.24) is 0 Å². The van der Waals surface area contributed by atoms with Gasteiger partial charge in [0, 0.05) is 31.0 Å². The molecule has 0 saturated carbocycles. The predicted octanol–water partition coefficient (Wildman–Crippen LogP) is 5.95. The molecule has 1 aliphatic heterocycles. The second kappa shape index (κ2) is 9.37. The van der Waals surface area contributed by atoms with E-state index in [1.807, 2.05) is 55.4 Å². The molecule has 4 rings (SSSR count). The molecule has 1 atom stereocenters. The van der Waals surface area contributed by atoms with Gasteiger partial charge in [-0.25, -0.2) is 4.39 Å². The number of carbonyl (C=O) groups is 2. The number of aliphatic hydroxyl groups excluding tert-OH is 1. The van der Waals surface area contributed by atoms with Gasteiger partial charge in [-0.15, -0.1) is 0 Å². The lowest BCUT2D eigenvalue weighted by Gasteiger charge is -2.26. The lowest BCUT2D eigenvalue weighted by atomic mass is 9.93. The SMILES string of the molecule is Cc1cc(/C(O)=C2/C(=O)C(=O)N(c3ccc(N(C)C)cc3)C2c2ccc(C(C)C)cc2)ccc1F.